The van der Waals surface area contributed by atoms with E-state index in [-0.39, 0.29) is 23.7 Å². The molecule has 0 radical (unpaired) electrons. The SMILES string of the molecule is COc1cc2c(cc1Cl)NCC(C(=O)N1CCC(CO)(Cc3ccc(F)cc3)CC1)O2. The van der Waals surface area contributed by atoms with Gasteiger partial charge in [0.15, 0.2) is 6.10 Å². The molecule has 166 valence electrons. The summed E-state index contributed by atoms with van der Waals surface area (Å²) in [5.74, 6) is 0.663. The number of aliphatic hydroxyl groups excluding tert-OH is 1. The zero-order valence-electron chi connectivity index (χ0n) is 17.4. The number of fused-ring (bicyclic) bond motifs is 1. The quantitative estimate of drug-likeness (QED) is 0.732. The summed E-state index contributed by atoms with van der Waals surface area (Å²) in [6.07, 6.45) is 1.36. The number of aliphatic hydroxyl groups is 1. The fraction of sp³-hybridized carbons (Fsp3) is 0.435. The largest absolute Gasteiger partial charge is 0.495 e. The minimum Gasteiger partial charge on any atom is -0.495 e. The number of nitrogens with one attached hydrogen (secondary N) is 1. The molecule has 0 bridgehead atoms. The van der Waals surface area contributed by atoms with Crippen molar-refractivity contribution in [2.24, 2.45) is 5.41 Å². The number of methoxy groups -OCH3 is 1. The number of hydrogen-bond donors (Lipinski definition) is 2. The van der Waals surface area contributed by atoms with Crippen molar-refractivity contribution in [1.29, 1.82) is 0 Å². The molecule has 2 heterocycles. The standard InChI is InChI=1S/C23H26ClFN2O4/c1-30-19-11-20-18(10-17(19)24)26-13-21(31-20)22(29)27-8-6-23(14-28,7-9-27)12-15-2-4-16(25)5-3-15/h2-5,10-11,21,26,28H,6-9,12-14H2,1H3. The molecule has 8 heteroatoms. The van der Waals surface area contributed by atoms with Gasteiger partial charge < -0.3 is 24.8 Å². The van der Waals surface area contributed by atoms with Crippen molar-refractivity contribution in [2.75, 3.05) is 38.7 Å². The molecule has 1 atom stereocenters. The van der Waals surface area contributed by atoms with Crippen molar-refractivity contribution in [3.05, 3.63) is 52.8 Å². The van der Waals surface area contributed by atoms with Gasteiger partial charge in [0, 0.05) is 31.2 Å². The van der Waals surface area contributed by atoms with E-state index in [1.165, 1.54) is 19.2 Å². The van der Waals surface area contributed by atoms with Gasteiger partial charge in [-0.05, 0) is 43.0 Å². The van der Waals surface area contributed by atoms with Crippen molar-refractivity contribution in [1.82, 2.24) is 4.90 Å². The maximum absolute atomic E-state index is 13.2. The molecule has 2 N–H and O–H groups in total. The molecule has 0 aromatic heterocycles. The Balaban J connectivity index is 1.39. The van der Waals surface area contributed by atoms with Gasteiger partial charge in [-0.3, -0.25) is 4.79 Å². The molecule has 6 nitrogen and oxygen atoms in total. The Hall–Kier alpha value is -2.51. The first-order chi connectivity index (χ1) is 14.9. The average Bonchev–Trinajstić information content (AvgIpc) is 2.80. The monoisotopic (exact) mass is 448 g/mol. The van der Waals surface area contributed by atoms with E-state index in [0.29, 0.717) is 55.4 Å². The number of rotatable bonds is 5. The molecule has 1 unspecified atom stereocenters. The second-order valence-electron chi connectivity index (χ2n) is 8.26. The number of ether oxygens (including phenoxy) is 2. The van der Waals surface area contributed by atoms with Gasteiger partial charge in [0.05, 0.1) is 24.4 Å². The van der Waals surface area contributed by atoms with Crippen LogP contribution in [-0.2, 0) is 11.2 Å². The van der Waals surface area contributed by atoms with Crippen molar-refractivity contribution in [3.63, 3.8) is 0 Å². The van der Waals surface area contributed by atoms with Crippen LogP contribution in [0.5, 0.6) is 11.5 Å². The number of carbonyl (C=O) groups is 1. The van der Waals surface area contributed by atoms with E-state index in [1.807, 2.05) is 0 Å². The summed E-state index contributed by atoms with van der Waals surface area (Å²) in [4.78, 5) is 14.9. The van der Waals surface area contributed by atoms with E-state index in [1.54, 1.807) is 29.2 Å². The summed E-state index contributed by atoms with van der Waals surface area (Å²) in [5, 5.41) is 13.8. The third-order valence-corrected chi connectivity index (χ3v) is 6.54. The molecule has 0 aliphatic carbocycles. The summed E-state index contributed by atoms with van der Waals surface area (Å²) >= 11 is 6.15. The van der Waals surface area contributed by atoms with Crippen LogP contribution in [0.25, 0.3) is 0 Å². The molecule has 2 aromatic carbocycles. The van der Waals surface area contributed by atoms with Gasteiger partial charge in [-0.2, -0.15) is 0 Å². The van der Waals surface area contributed by atoms with E-state index in [4.69, 9.17) is 21.1 Å². The third-order valence-electron chi connectivity index (χ3n) is 6.24. The first-order valence-electron chi connectivity index (χ1n) is 10.4. The summed E-state index contributed by atoms with van der Waals surface area (Å²) in [5.41, 5.74) is 1.41. The molecule has 0 saturated carbocycles. The van der Waals surface area contributed by atoms with Crippen molar-refractivity contribution < 1.29 is 23.8 Å². The Labute approximate surface area is 185 Å². The molecular weight excluding hydrogens is 423 g/mol. The van der Waals surface area contributed by atoms with Gasteiger partial charge >= 0.3 is 0 Å². The van der Waals surface area contributed by atoms with Crippen LogP contribution in [0.2, 0.25) is 5.02 Å². The smallest absolute Gasteiger partial charge is 0.265 e. The summed E-state index contributed by atoms with van der Waals surface area (Å²) in [6.45, 7) is 1.46. The minimum absolute atomic E-state index is 0.0296. The molecule has 31 heavy (non-hydrogen) atoms. The molecule has 4 rings (SSSR count). The molecule has 1 saturated heterocycles. The maximum atomic E-state index is 13.2. The molecular formula is C23H26ClFN2O4. The van der Waals surface area contributed by atoms with Gasteiger partial charge in [-0.25, -0.2) is 4.39 Å². The lowest BCUT2D eigenvalue weighted by Gasteiger charge is -2.42. The highest BCUT2D eigenvalue weighted by atomic mass is 35.5. The summed E-state index contributed by atoms with van der Waals surface area (Å²) in [7, 11) is 1.53. The van der Waals surface area contributed by atoms with Gasteiger partial charge in [-0.1, -0.05) is 23.7 Å². The zero-order valence-corrected chi connectivity index (χ0v) is 18.1. The van der Waals surface area contributed by atoms with Crippen LogP contribution < -0.4 is 14.8 Å². The number of nitrogens with zero attached hydrogens (tertiary/aromatic N) is 1. The topological polar surface area (TPSA) is 71.0 Å². The number of carbonyl (C=O) groups excluding carboxylic acids is 1. The minimum atomic E-state index is -0.642. The number of piperidine rings is 1. The fourth-order valence-electron chi connectivity index (χ4n) is 4.29. The summed E-state index contributed by atoms with van der Waals surface area (Å²) < 4.78 is 24.4. The van der Waals surface area contributed by atoms with Crippen molar-refractivity contribution in [2.45, 2.75) is 25.4 Å². The Bertz CT molecular complexity index is 945. The van der Waals surface area contributed by atoms with Crippen LogP contribution in [0.15, 0.2) is 36.4 Å². The Morgan fingerprint density at radius 2 is 2.03 bits per heavy atom. The maximum Gasteiger partial charge on any atom is 0.265 e. The van der Waals surface area contributed by atoms with E-state index in [9.17, 15) is 14.3 Å². The first-order valence-corrected chi connectivity index (χ1v) is 10.7. The predicted octanol–water partition coefficient (Wildman–Crippen LogP) is 3.50. The second-order valence-corrected chi connectivity index (χ2v) is 8.66. The Morgan fingerprint density at radius 1 is 1.32 bits per heavy atom. The Kier molecular flexibility index (Phi) is 6.25. The van der Waals surface area contributed by atoms with Crippen LogP contribution >= 0.6 is 11.6 Å². The van der Waals surface area contributed by atoms with E-state index in [2.05, 4.69) is 5.32 Å². The highest BCUT2D eigenvalue weighted by Gasteiger charge is 2.38. The highest BCUT2D eigenvalue weighted by molar-refractivity contribution is 6.32. The van der Waals surface area contributed by atoms with Crippen LogP contribution in [0.3, 0.4) is 0 Å². The number of benzene rings is 2. The van der Waals surface area contributed by atoms with Crippen LogP contribution in [-0.4, -0.2) is 55.4 Å². The van der Waals surface area contributed by atoms with E-state index >= 15 is 0 Å². The molecule has 1 amide bonds. The van der Waals surface area contributed by atoms with Gasteiger partial charge in [0.25, 0.3) is 5.91 Å². The number of halogens is 2. The van der Waals surface area contributed by atoms with Crippen LogP contribution in [0.4, 0.5) is 10.1 Å². The van der Waals surface area contributed by atoms with Crippen LogP contribution in [0, 0.1) is 11.2 Å². The normalized spacial score (nSPS) is 19.7. The summed E-state index contributed by atoms with van der Waals surface area (Å²) in [6, 6.07) is 9.79. The first kappa shape index (κ1) is 21.7. The fourth-order valence-corrected chi connectivity index (χ4v) is 4.53. The van der Waals surface area contributed by atoms with E-state index in [0.717, 1.165) is 11.3 Å². The van der Waals surface area contributed by atoms with Crippen molar-refractivity contribution >= 4 is 23.2 Å². The second kappa shape index (κ2) is 8.93. The highest BCUT2D eigenvalue weighted by Crippen LogP contribution is 2.39. The number of likely N-dealkylation sites (tertiary alicyclic amines) is 1. The van der Waals surface area contributed by atoms with Crippen LogP contribution in [0.1, 0.15) is 18.4 Å². The number of amides is 1. The van der Waals surface area contributed by atoms with Gasteiger partial charge in [0.1, 0.15) is 17.3 Å². The molecule has 2 aromatic rings. The lowest BCUT2D eigenvalue weighted by molar-refractivity contribution is -0.141. The van der Waals surface area contributed by atoms with E-state index < -0.39 is 6.10 Å². The third kappa shape index (κ3) is 4.57. The molecule has 2 aliphatic heterocycles. The zero-order chi connectivity index (χ0) is 22.0. The molecule has 0 spiro atoms. The van der Waals surface area contributed by atoms with Crippen molar-refractivity contribution in [3.8, 4) is 11.5 Å². The lowest BCUT2D eigenvalue weighted by Crippen LogP contribution is -2.52. The lowest BCUT2D eigenvalue weighted by atomic mass is 9.74. The predicted molar refractivity (Wildman–Crippen MR) is 116 cm³/mol. The number of anilines is 1. The molecule has 1 fully saturated rings. The average molecular weight is 449 g/mol. The number of hydrogen-bond acceptors (Lipinski definition) is 5. The van der Waals surface area contributed by atoms with Gasteiger partial charge in [0.2, 0.25) is 0 Å². The molecule has 2 aliphatic rings. The Morgan fingerprint density at radius 3 is 2.68 bits per heavy atom. The van der Waals surface area contributed by atoms with Gasteiger partial charge in [-0.15, -0.1) is 0 Å².